The van der Waals surface area contributed by atoms with Gasteiger partial charge in [0, 0.05) is 0 Å². The largest absolute Gasteiger partial charge is 0.451 e. The van der Waals surface area contributed by atoms with Crippen LogP contribution in [0, 0.1) is 0 Å². The summed E-state index contributed by atoms with van der Waals surface area (Å²) < 4.78 is 55.3. The van der Waals surface area contributed by atoms with Crippen LogP contribution >= 0.6 is 11.6 Å². The van der Waals surface area contributed by atoms with E-state index < -0.39 is 27.5 Å². The van der Waals surface area contributed by atoms with Crippen molar-refractivity contribution in [3.63, 3.8) is 0 Å². The topological polar surface area (TPSA) is 74.4 Å². The van der Waals surface area contributed by atoms with Gasteiger partial charge in [0.1, 0.15) is 0 Å². The molecule has 2 unspecified atom stereocenters. The van der Waals surface area contributed by atoms with Crippen molar-refractivity contribution < 1.29 is 21.9 Å². The second-order valence-electron chi connectivity index (χ2n) is 1.94. The Morgan fingerprint density at radius 3 is 2.23 bits per heavy atom. The van der Waals surface area contributed by atoms with Gasteiger partial charge in [-0.15, -0.1) is 10.2 Å². The normalized spacial score (nSPS) is 30.4. The van der Waals surface area contributed by atoms with Crippen LogP contribution in [0.25, 0.3) is 0 Å². The quantitative estimate of drug-likeness (QED) is 0.552. The maximum absolute atomic E-state index is 12.2. The molecule has 74 valence electrons. The van der Waals surface area contributed by atoms with E-state index in [1.807, 2.05) is 0 Å². The average Bonchev–Trinajstić information content (AvgIpc) is 2.30. The SMILES string of the molecule is O=S(O)C1(C(F)(F)F)N=NC(Cl)=N1. The number of nitrogens with zero attached hydrogens (tertiary/aromatic N) is 3. The van der Waals surface area contributed by atoms with E-state index in [4.69, 9.17) is 16.2 Å². The van der Waals surface area contributed by atoms with Gasteiger partial charge in [0.25, 0.3) is 0 Å². The van der Waals surface area contributed by atoms with Crippen LogP contribution in [0.15, 0.2) is 15.2 Å². The summed E-state index contributed by atoms with van der Waals surface area (Å²) in [7, 11) is 0. The maximum atomic E-state index is 12.2. The third-order valence-corrected chi connectivity index (χ3v) is 2.18. The lowest BCUT2D eigenvalue weighted by Crippen LogP contribution is -2.44. The van der Waals surface area contributed by atoms with Crippen molar-refractivity contribution in [1.82, 2.24) is 0 Å². The van der Waals surface area contributed by atoms with E-state index in [0.29, 0.717) is 0 Å². The van der Waals surface area contributed by atoms with Gasteiger partial charge in [0.2, 0.25) is 16.4 Å². The number of aliphatic imine (C=N–C) groups is 1. The predicted molar refractivity (Wildman–Crippen MR) is 37.7 cm³/mol. The molecular formula is C3HClF3N3O2S. The molecule has 0 aliphatic carbocycles. The van der Waals surface area contributed by atoms with Gasteiger partial charge in [-0.05, 0) is 11.6 Å². The molecule has 0 aromatic rings. The van der Waals surface area contributed by atoms with Crippen LogP contribution in [0.3, 0.4) is 0 Å². The fraction of sp³-hybridized carbons (Fsp3) is 0.667. The fourth-order valence-electron chi connectivity index (χ4n) is 0.572. The Kier molecular flexibility index (Phi) is 2.43. The molecule has 0 amide bonds. The first-order valence-electron chi connectivity index (χ1n) is 2.65. The monoisotopic (exact) mass is 235 g/mol. The zero-order valence-corrected chi connectivity index (χ0v) is 7.19. The Hall–Kier alpha value is -0.540. The Morgan fingerprint density at radius 1 is 1.54 bits per heavy atom. The molecule has 2 atom stereocenters. The molecule has 0 spiro atoms. The standard InChI is InChI=1S/C3HClF3N3O2S/c4-1-8-3(10-9-1,13(11)12)2(5,6)7/h(H,11,12). The minimum Gasteiger partial charge on any atom is -0.302 e. The van der Waals surface area contributed by atoms with Gasteiger partial charge in [-0.1, -0.05) is 0 Å². The molecule has 1 heterocycles. The van der Waals surface area contributed by atoms with Crippen LogP contribution in [-0.2, 0) is 11.1 Å². The summed E-state index contributed by atoms with van der Waals surface area (Å²) in [6.45, 7) is 0. The molecule has 5 nitrogen and oxygen atoms in total. The fourth-order valence-corrected chi connectivity index (χ4v) is 1.26. The summed E-state index contributed by atoms with van der Waals surface area (Å²) in [4.78, 5) is -0.790. The van der Waals surface area contributed by atoms with E-state index in [-0.39, 0.29) is 0 Å². The molecule has 0 fully saturated rings. The van der Waals surface area contributed by atoms with Gasteiger partial charge in [0.15, 0.2) is 0 Å². The third kappa shape index (κ3) is 1.58. The molecule has 0 radical (unpaired) electrons. The molecule has 0 aromatic carbocycles. The molecule has 0 bridgehead atoms. The molecule has 13 heavy (non-hydrogen) atoms. The Balaban J connectivity index is 3.22. The zero-order chi connectivity index (χ0) is 10.3. The van der Waals surface area contributed by atoms with Gasteiger partial charge >= 0.3 is 11.2 Å². The number of alkyl halides is 3. The second kappa shape index (κ2) is 3.00. The molecule has 0 saturated carbocycles. The van der Waals surface area contributed by atoms with Crippen molar-refractivity contribution in [1.29, 1.82) is 0 Å². The molecule has 0 aromatic heterocycles. The molecule has 1 aliphatic rings. The molecule has 0 saturated heterocycles. The van der Waals surface area contributed by atoms with Crippen LogP contribution < -0.4 is 0 Å². The summed E-state index contributed by atoms with van der Waals surface area (Å²) in [5.41, 5.74) is 0. The molecule has 1 N–H and O–H groups in total. The first-order valence-corrected chi connectivity index (χ1v) is 4.14. The average molecular weight is 236 g/mol. The predicted octanol–water partition coefficient (Wildman–Crippen LogP) is 1.48. The van der Waals surface area contributed by atoms with Crippen molar-refractivity contribution in [2.24, 2.45) is 15.2 Å². The highest BCUT2D eigenvalue weighted by molar-refractivity contribution is 7.80. The highest BCUT2D eigenvalue weighted by Gasteiger charge is 2.63. The van der Waals surface area contributed by atoms with Gasteiger partial charge in [-0.2, -0.15) is 18.2 Å². The highest BCUT2D eigenvalue weighted by Crippen LogP contribution is 2.40. The maximum Gasteiger partial charge on any atom is 0.451 e. The van der Waals surface area contributed by atoms with Crippen LogP contribution in [0.2, 0.25) is 0 Å². The summed E-state index contributed by atoms with van der Waals surface area (Å²) in [5, 5.41) is 4.47. The number of amidine groups is 1. The highest BCUT2D eigenvalue weighted by atomic mass is 35.5. The van der Waals surface area contributed by atoms with E-state index in [9.17, 15) is 17.4 Å². The van der Waals surface area contributed by atoms with E-state index in [1.54, 1.807) is 0 Å². The number of halogens is 4. The summed E-state index contributed by atoms with van der Waals surface area (Å²) >= 11 is 1.64. The number of azo groups is 1. The number of hydrogen-bond acceptors (Lipinski definition) is 4. The van der Waals surface area contributed by atoms with Crippen molar-refractivity contribution in [3.8, 4) is 0 Å². The third-order valence-electron chi connectivity index (χ3n) is 1.12. The van der Waals surface area contributed by atoms with E-state index in [1.165, 1.54) is 0 Å². The van der Waals surface area contributed by atoms with Crippen LogP contribution in [0.4, 0.5) is 13.2 Å². The van der Waals surface area contributed by atoms with Gasteiger partial charge in [0.05, 0.1) is 0 Å². The van der Waals surface area contributed by atoms with Crippen LogP contribution in [0.1, 0.15) is 0 Å². The van der Waals surface area contributed by atoms with Gasteiger partial charge < -0.3 is 4.55 Å². The van der Waals surface area contributed by atoms with E-state index in [0.717, 1.165) is 0 Å². The lowest BCUT2D eigenvalue weighted by molar-refractivity contribution is -0.157. The summed E-state index contributed by atoms with van der Waals surface area (Å²) in [5.74, 6) is 0. The number of rotatable bonds is 1. The van der Waals surface area contributed by atoms with Crippen molar-refractivity contribution >= 4 is 28.0 Å². The lowest BCUT2D eigenvalue weighted by Gasteiger charge is -2.19. The minimum absolute atomic E-state index is 0.806. The van der Waals surface area contributed by atoms with Crippen molar-refractivity contribution in [2.75, 3.05) is 0 Å². The number of hydrogen-bond donors (Lipinski definition) is 1. The van der Waals surface area contributed by atoms with Crippen LogP contribution in [-0.4, -0.2) is 25.2 Å². The summed E-state index contributed by atoms with van der Waals surface area (Å²) in [6.07, 6.45) is -5.10. The summed E-state index contributed by atoms with van der Waals surface area (Å²) in [6, 6.07) is 0. The Morgan fingerprint density at radius 2 is 2.08 bits per heavy atom. The minimum atomic E-state index is -5.10. The Labute approximate surface area is 77.0 Å². The van der Waals surface area contributed by atoms with Crippen molar-refractivity contribution in [2.45, 2.75) is 11.2 Å². The van der Waals surface area contributed by atoms with Gasteiger partial charge in [-0.3, -0.25) is 0 Å². The second-order valence-corrected chi connectivity index (χ2v) is 3.34. The molecule has 10 heteroatoms. The first-order chi connectivity index (χ1) is 5.79. The van der Waals surface area contributed by atoms with E-state index in [2.05, 4.69) is 15.2 Å². The molecule has 1 aliphatic heterocycles. The molecular weight excluding hydrogens is 235 g/mol. The van der Waals surface area contributed by atoms with E-state index >= 15 is 0 Å². The smallest absolute Gasteiger partial charge is 0.302 e. The lowest BCUT2D eigenvalue weighted by atomic mass is 10.5. The Bertz CT molecular complexity index is 315. The molecule has 1 rings (SSSR count). The first kappa shape index (κ1) is 10.5. The van der Waals surface area contributed by atoms with Gasteiger partial charge in [-0.25, -0.2) is 4.21 Å². The van der Waals surface area contributed by atoms with Crippen molar-refractivity contribution in [3.05, 3.63) is 0 Å². The van der Waals surface area contributed by atoms with Crippen LogP contribution in [0.5, 0.6) is 0 Å². The zero-order valence-electron chi connectivity index (χ0n) is 5.62.